The van der Waals surface area contributed by atoms with Crippen LogP contribution in [-0.2, 0) is 0 Å². The van der Waals surface area contributed by atoms with E-state index in [0.717, 1.165) is 17.7 Å². The van der Waals surface area contributed by atoms with Crippen molar-refractivity contribution in [3.05, 3.63) is 35.4 Å². The molecule has 92 valence electrons. The van der Waals surface area contributed by atoms with Crippen LogP contribution in [0.5, 0.6) is 0 Å². The Hall–Kier alpha value is -1.31. The Bertz CT molecular complexity index is 380. The lowest BCUT2D eigenvalue weighted by molar-refractivity contribution is 0.0943. The van der Waals surface area contributed by atoms with Gasteiger partial charge in [0.05, 0.1) is 0 Å². The van der Waals surface area contributed by atoms with Gasteiger partial charge in [-0.15, -0.1) is 0 Å². The summed E-state index contributed by atoms with van der Waals surface area (Å²) in [7, 11) is 0. The van der Waals surface area contributed by atoms with Gasteiger partial charge in [-0.1, -0.05) is 37.0 Å². The maximum absolute atomic E-state index is 11.9. The van der Waals surface area contributed by atoms with Crippen LogP contribution in [0.3, 0.4) is 0 Å². The average Bonchev–Trinajstić information content (AvgIpc) is 2.37. The summed E-state index contributed by atoms with van der Waals surface area (Å²) in [5.74, 6) is 0.761. The lowest BCUT2D eigenvalue weighted by Crippen LogP contribution is -2.30. The van der Waals surface area contributed by atoms with Gasteiger partial charge in [-0.2, -0.15) is 0 Å². The normalized spacial score (nSPS) is 16.8. The second-order valence-electron chi connectivity index (χ2n) is 5.08. The summed E-state index contributed by atoms with van der Waals surface area (Å²) < 4.78 is 0. The second-order valence-corrected chi connectivity index (χ2v) is 5.08. The zero-order valence-electron chi connectivity index (χ0n) is 10.5. The highest BCUT2D eigenvalue weighted by atomic mass is 16.1. The van der Waals surface area contributed by atoms with E-state index in [9.17, 15) is 4.79 Å². The summed E-state index contributed by atoms with van der Waals surface area (Å²) >= 11 is 0. The molecule has 2 rings (SSSR count). The molecule has 1 fully saturated rings. The van der Waals surface area contributed by atoms with Crippen LogP contribution < -0.4 is 5.32 Å². The Morgan fingerprint density at radius 3 is 2.76 bits per heavy atom. The quantitative estimate of drug-likeness (QED) is 0.849. The standard InChI is InChI=1S/C15H21NO/c1-12-6-5-9-14(10-12)15(17)16-11-13-7-3-2-4-8-13/h5-6,9-10,13H,2-4,7-8,11H2,1H3,(H,16,17). The van der Waals surface area contributed by atoms with Crippen molar-refractivity contribution in [2.45, 2.75) is 39.0 Å². The molecule has 0 aliphatic heterocycles. The maximum atomic E-state index is 11.9. The molecule has 1 saturated carbocycles. The number of hydrogen-bond donors (Lipinski definition) is 1. The molecule has 1 aromatic carbocycles. The number of rotatable bonds is 3. The van der Waals surface area contributed by atoms with E-state index in [1.165, 1.54) is 32.1 Å². The molecule has 0 heterocycles. The van der Waals surface area contributed by atoms with Crippen LogP contribution >= 0.6 is 0 Å². The van der Waals surface area contributed by atoms with E-state index in [0.29, 0.717) is 5.92 Å². The van der Waals surface area contributed by atoms with Gasteiger partial charge in [-0.3, -0.25) is 4.79 Å². The summed E-state index contributed by atoms with van der Waals surface area (Å²) in [6.07, 6.45) is 6.56. The van der Waals surface area contributed by atoms with Gasteiger partial charge in [0.1, 0.15) is 0 Å². The van der Waals surface area contributed by atoms with Crippen LogP contribution in [0.25, 0.3) is 0 Å². The van der Waals surface area contributed by atoms with Crippen molar-refractivity contribution in [3.8, 4) is 0 Å². The highest BCUT2D eigenvalue weighted by molar-refractivity contribution is 5.94. The lowest BCUT2D eigenvalue weighted by Gasteiger charge is -2.21. The molecule has 1 aliphatic rings. The van der Waals surface area contributed by atoms with Crippen molar-refractivity contribution in [1.29, 1.82) is 0 Å². The number of benzene rings is 1. The van der Waals surface area contributed by atoms with Crippen LogP contribution in [0.15, 0.2) is 24.3 Å². The number of amides is 1. The summed E-state index contributed by atoms with van der Waals surface area (Å²) in [6, 6.07) is 7.77. The number of hydrogen-bond acceptors (Lipinski definition) is 1. The number of carbonyl (C=O) groups excluding carboxylic acids is 1. The Morgan fingerprint density at radius 2 is 2.06 bits per heavy atom. The van der Waals surface area contributed by atoms with Crippen LogP contribution in [0.1, 0.15) is 48.0 Å². The molecule has 1 aliphatic carbocycles. The molecule has 1 aromatic rings. The molecule has 0 unspecified atom stereocenters. The highest BCUT2D eigenvalue weighted by Gasteiger charge is 2.14. The monoisotopic (exact) mass is 231 g/mol. The first-order chi connectivity index (χ1) is 8.25. The zero-order chi connectivity index (χ0) is 12.1. The van der Waals surface area contributed by atoms with Gasteiger partial charge in [-0.05, 0) is 37.8 Å². The summed E-state index contributed by atoms with van der Waals surface area (Å²) in [5, 5.41) is 3.06. The average molecular weight is 231 g/mol. The SMILES string of the molecule is Cc1cccc(C(=O)NCC2CCCCC2)c1. The molecular weight excluding hydrogens is 210 g/mol. The minimum absolute atomic E-state index is 0.0688. The van der Waals surface area contributed by atoms with Gasteiger partial charge < -0.3 is 5.32 Å². The topological polar surface area (TPSA) is 29.1 Å². The predicted octanol–water partition coefficient (Wildman–Crippen LogP) is 3.31. The third-order valence-corrected chi connectivity index (χ3v) is 3.56. The zero-order valence-corrected chi connectivity index (χ0v) is 10.5. The number of nitrogens with one attached hydrogen (secondary N) is 1. The Balaban J connectivity index is 1.84. The van der Waals surface area contributed by atoms with E-state index in [4.69, 9.17) is 0 Å². The molecule has 0 atom stereocenters. The number of carbonyl (C=O) groups is 1. The molecule has 2 nitrogen and oxygen atoms in total. The second kappa shape index (κ2) is 5.85. The minimum Gasteiger partial charge on any atom is -0.352 e. The third-order valence-electron chi connectivity index (χ3n) is 3.56. The number of aryl methyl sites for hydroxylation is 1. The molecule has 0 radical (unpaired) electrons. The van der Waals surface area contributed by atoms with E-state index in [1.54, 1.807) is 0 Å². The van der Waals surface area contributed by atoms with Crippen molar-refractivity contribution < 1.29 is 4.79 Å². The van der Waals surface area contributed by atoms with Crippen LogP contribution in [0.2, 0.25) is 0 Å². The van der Waals surface area contributed by atoms with Gasteiger partial charge in [-0.25, -0.2) is 0 Å². The minimum atomic E-state index is 0.0688. The van der Waals surface area contributed by atoms with Gasteiger partial charge in [0.25, 0.3) is 5.91 Å². The van der Waals surface area contributed by atoms with E-state index >= 15 is 0 Å². The van der Waals surface area contributed by atoms with Crippen molar-refractivity contribution >= 4 is 5.91 Å². The van der Waals surface area contributed by atoms with Crippen LogP contribution in [0, 0.1) is 12.8 Å². The van der Waals surface area contributed by atoms with Gasteiger partial charge >= 0.3 is 0 Å². The Morgan fingerprint density at radius 1 is 1.29 bits per heavy atom. The predicted molar refractivity (Wildman–Crippen MR) is 70.1 cm³/mol. The first kappa shape index (κ1) is 12.2. The highest BCUT2D eigenvalue weighted by Crippen LogP contribution is 2.22. The fraction of sp³-hybridized carbons (Fsp3) is 0.533. The van der Waals surface area contributed by atoms with Crippen LogP contribution in [0.4, 0.5) is 0 Å². The fourth-order valence-electron chi connectivity index (χ4n) is 2.52. The van der Waals surface area contributed by atoms with Crippen molar-refractivity contribution in [2.75, 3.05) is 6.54 Å². The van der Waals surface area contributed by atoms with E-state index in [-0.39, 0.29) is 5.91 Å². The molecule has 0 spiro atoms. The lowest BCUT2D eigenvalue weighted by atomic mass is 9.89. The summed E-state index contributed by atoms with van der Waals surface area (Å²) in [4.78, 5) is 11.9. The van der Waals surface area contributed by atoms with Crippen molar-refractivity contribution in [2.24, 2.45) is 5.92 Å². The maximum Gasteiger partial charge on any atom is 0.251 e. The van der Waals surface area contributed by atoms with Crippen LogP contribution in [-0.4, -0.2) is 12.5 Å². The Kier molecular flexibility index (Phi) is 4.18. The molecule has 2 heteroatoms. The molecule has 1 amide bonds. The summed E-state index contributed by atoms with van der Waals surface area (Å²) in [6.45, 7) is 2.85. The molecule has 0 bridgehead atoms. The van der Waals surface area contributed by atoms with Crippen molar-refractivity contribution in [1.82, 2.24) is 5.32 Å². The van der Waals surface area contributed by atoms with E-state index < -0.39 is 0 Å². The van der Waals surface area contributed by atoms with Gasteiger partial charge in [0.15, 0.2) is 0 Å². The first-order valence-corrected chi connectivity index (χ1v) is 6.60. The molecule has 17 heavy (non-hydrogen) atoms. The molecule has 0 aromatic heterocycles. The molecule has 1 N–H and O–H groups in total. The van der Waals surface area contributed by atoms with Crippen molar-refractivity contribution in [3.63, 3.8) is 0 Å². The van der Waals surface area contributed by atoms with Gasteiger partial charge in [0.2, 0.25) is 0 Å². The molecular formula is C15H21NO. The largest absolute Gasteiger partial charge is 0.352 e. The Labute approximate surface area is 103 Å². The first-order valence-electron chi connectivity index (χ1n) is 6.60. The van der Waals surface area contributed by atoms with E-state index in [1.807, 2.05) is 31.2 Å². The fourth-order valence-corrected chi connectivity index (χ4v) is 2.52. The van der Waals surface area contributed by atoms with E-state index in [2.05, 4.69) is 5.32 Å². The molecule has 0 saturated heterocycles. The smallest absolute Gasteiger partial charge is 0.251 e. The third kappa shape index (κ3) is 3.58. The summed E-state index contributed by atoms with van der Waals surface area (Å²) in [5.41, 5.74) is 1.91. The van der Waals surface area contributed by atoms with Gasteiger partial charge in [0, 0.05) is 12.1 Å².